The van der Waals surface area contributed by atoms with E-state index in [-0.39, 0.29) is 25.5 Å². The van der Waals surface area contributed by atoms with Gasteiger partial charge in [0.15, 0.2) is 0 Å². The van der Waals surface area contributed by atoms with Crippen molar-refractivity contribution in [3.05, 3.63) is 71.8 Å². The van der Waals surface area contributed by atoms with E-state index in [0.29, 0.717) is 12.8 Å². The number of hydrogen-bond donors (Lipinski definition) is 5. The monoisotopic (exact) mass is 623 g/mol. The third-order valence-electron chi connectivity index (χ3n) is 6.89. The van der Waals surface area contributed by atoms with Gasteiger partial charge in [0, 0.05) is 19.9 Å². The Kier molecular flexibility index (Phi) is 13.3. The molecule has 0 radical (unpaired) electrons. The Bertz CT molecular complexity index is 1320. The van der Waals surface area contributed by atoms with Gasteiger partial charge in [0.1, 0.15) is 31.3 Å². The van der Waals surface area contributed by atoms with Crippen molar-refractivity contribution in [2.45, 2.75) is 57.9 Å². The summed E-state index contributed by atoms with van der Waals surface area (Å²) in [5, 5.41) is 12.6. The second kappa shape index (κ2) is 17.4. The zero-order valence-electron chi connectivity index (χ0n) is 25.7. The first-order valence-electron chi connectivity index (χ1n) is 14.8. The van der Waals surface area contributed by atoms with Crippen molar-refractivity contribution in [3.8, 4) is 0 Å². The van der Waals surface area contributed by atoms with Crippen LogP contribution >= 0.6 is 0 Å². The Labute approximate surface area is 262 Å². The highest BCUT2D eigenvalue weighted by atomic mass is 16.6. The Morgan fingerprint density at radius 2 is 1.40 bits per heavy atom. The van der Waals surface area contributed by atoms with Crippen LogP contribution in [0.5, 0.6) is 0 Å². The highest BCUT2D eigenvalue weighted by Crippen LogP contribution is 2.35. The molecule has 4 atom stereocenters. The van der Waals surface area contributed by atoms with Crippen LogP contribution in [0.15, 0.2) is 60.7 Å². The summed E-state index contributed by atoms with van der Waals surface area (Å²) in [5.74, 6) is -3.19. The number of rotatable bonds is 16. The number of benzene rings is 2. The molecule has 3 rings (SSSR count). The summed E-state index contributed by atoms with van der Waals surface area (Å²) in [6.07, 6.45) is -0.804. The summed E-state index contributed by atoms with van der Waals surface area (Å²) in [7, 11) is 1.44. The number of ether oxygens (including phenoxy) is 2. The summed E-state index contributed by atoms with van der Waals surface area (Å²) >= 11 is 0. The molecule has 5 amide bonds. The van der Waals surface area contributed by atoms with Gasteiger partial charge >= 0.3 is 12.1 Å². The van der Waals surface area contributed by atoms with Crippen LogP contribution in [-0.2, 0) is 46.5 Å². The van der Waals surface area contributed by atoms with Gasteiger partial charge in [-0.15, -0.1) is 0 Å². The molecule has 1 fully saturated rings. The molecule has 5 N–H and O–H groups in total. The first kappa shape index (κ1) is 34.5. The second-order valence-electron chi connectivity index (χ2n) is 11.1. The quantitative estimate of drug-likeness (QED) is 0.172. The van der Waals surface area contributed by atoms with Gasteiger partial charge < -0.3 is 36.1 Å². The molecular formula is C32H41N5O8. The average molecular weight is 624 g/mol. The minimum Gasteiger partial charge on any atom is -0.460 e. The van der Waals surface area contributed by atoms with Gasteiger partial charge in [0.05, 0.1) is 12.5 Å². The molecule has 0 bridgehead atoms. The third kappa shape index (κ3) is 12.3. The molecule has 0 heterocycles. The van der Waals surface area contributed by atoms with E-state index >= 15 is 0 Å². The number of carbonyl (C=O) groups is 6. The predicted octanol–water partition coefficient (Wildman–Crippen LogP) is 0.965. The van der Waals surface area contributed by atoms with Crippen LogP contribution in [0.2, 0.25) is 0 Å². The molecular weight excluding hydrogens is 582 g/mol. The van der Waals surface area contributed by atoms with Crippen molar-refractivity contribution in [3.63, 3.8) is 0 Å². The molecule has 0 aliphatic heterocycles. The van der Waals surface area contributed by atoms with E-state index in [1.165, 1.54) is 7.05 Å². The van der Waals surface area contributed by atoms with Crippen LogP contribution in [0, 0.1) is 11.8 Å². The van der Waals surface area contributed by atoms with Gasteiger partial charge in [-0.1, -0.05) is 74.5 Å². The van der Waals surface area contributed by atoms with Gasteiger partial charge in [-0.05, 0) is 23.5 Å². The fourth-order valence-corrected chi connectivity index (χ4v) is 4.38. The highest BCUT2D eigenvalue weighted by Gasteiger charge is 2.48. The normalized spacial score (nSPS) is 16.4. The molecule has 1 aliphatic rings. The van der Waals surface area contributed by atoms with Crippen molar-refractivity contribution in [1.82, 2.24) is 26.6 Å². The topological polar surface area (TPSA) is 181 Å². The van der Waals surface area contributed by atoms with Crippen LogP contribution in [0.4, 0.5) is 4.79 Å². The molecule has 4 unspecified atom stereocenters. The van der Waals surface area contributed by atoms with E-state index in [1.54, 1.807) is 24.3 Å². The maximum atomic E-state index is 13.4. The lowest BCUT2D eigenvalue weighted by Gasteiger charge is -2.24. The largest absolute Gasteiger partial charge is 0.460 e. The molecule has 13 nitrogen and oxygen atoms in total. The number of hydrogen-bond acceptors (Lipinski definition) is 8. The number of nitrogens with one attached hydrogen (secondary N) is 5. The van der Waals surface area contributed by atoms with E-state index in [4.69, 9.17) is 9.47 Å². The van der Waals surface area contributed by atoms with Gasteiger partial charge in [0.2, 0.25) is 23.6 Å². The highest BCUT2D eigenvalue weighted by molar-refractivity contribution is 5.94. The molecule has 2 aromatic rings. The first-order chi connectivity index (χ1) is 21.5. The maximum absolute atomic E-state index is 13.4. The van der Waals surface area contributed by atoms with E-state index in [0.717, 1.165) is 11.1 Å². The van der Waals surface area contributed by atoms with E-state index < -0.39 is 66.3 Å². The van der Waals surface area contributed by atoms with Crippen molar-refractivity contribution in [1.29, 1.82) is 0 Å². The lowest BCUT2D eigenvalue weighted by Crippen LogP contribution is -2.56. The molecule has 242 valence electrons. The summed E-state index contributed by atoms with van der Waals surface area (Å²) in [5.41, 5.74) is 1.60. The Hall–Kier alpha value is -4.94. The van der Waals surface area contributed by atoms with Gasteiger partial charge in [-0.3, -0.25) is 24.0 Å². The van der Waals surface area contributed by atoms with Crippen molar-refractivity contribution >= 4 is 35.7 Å². The van der Waals surface area contributed by atoms with Crippen LogP contribution in [0.1, 0.15) is 37.8 Å². The van der Waals surface area contributed by atoms with Crippen LogP contribution in [0.25, 0.3) is 0 Å². The van der Waals surface area contributed by atoms with Crippen LogP contribution in [-0.4, -0.2) is 74.0 Å². The smallest absolute Gasteiger partial charge is 0.407 e. The first-order valence-corrected chi connectivity index (χ1v) is 14.8. The molecule has 0 saturated heterocycles. The van der Waals surface area contributed by atoms with Crippen LogP contribution < -0.4 is 26.6 Å². The summed E-state index contributed by atoms with van der Waals surface area (Å²) < 4.78 is 10.5. The minimum atomic E-state index is -1.08. The van der Waals surface area contributed by atoms with Crippen molar-refractivity contribution < 1.29 is 38.2 Å². The summed E-state index contributed by atoms with van der Waals surface area (Å²) in [6.45, 7) is 3.15. The summed E-state index contributed by atoms with van der Waals surface area (Å²) in [6, 6.07) is 16.1. The fraction of sp³-hybridized carbons (Fsp3) is 0.438. The average Bonchev–Trinajstić information content (AvgIpc) is 3.80. The molecule has 0 aromatic heterocycles. The number of amides is 5. The maximum Gasteiger partial charge on any atom is 0.407 e. The zero-order chi connectivity index (χ0) is 32.8. The SMILES string of the molecule is CNC(=O)CNC(=O)C(CC(C)C)NC(=O)C(Cc1ccccc1)NC(=O)CNC(=O)OC1CC1C(=O)OCc1ccccc1. The minimum absolute atomic E-state index is 0.0372. The number of alkyl carbamates (subject to hydrolysis) is 1. The molecule has 0 spiro atoms. The molecule has 1 aliphatic carbocycles. The lowest BCUT2D eigenvalue weighted by molar-refractivity contribution is -0.147. The number of esters is 1. The Balaban J connectivity index is 1.52. The second-order valence-corrected chi connectivity index (χ2v) is 11.1. The van der Waals surface area contributed by atoms with Crippen molar-refractivity contribution in [2.24, 2.45) is 11.8 Å². The predicted molar refractivity (Wildman–Crippen MR) is 163 cm³/mol. The Morgan fingerprint density at radius 3 is 2.02 bits per heavy atom. The van der Waals surface area contributed by atoms with E-state index in [2.05, 4.69) is 26.6 Å². The number of likely N-dealkylation sites (N-methyl/N-ethyl adjacent to an activating group) is 1. The van der Waals surface area contributed by atoms with Gasteiger partial charge in [-0.2, -0.15) is 0 Å². The molecule has 2 aromatic carbocycles. The zero-order valence-corrected chi connectivity index (χ0v) is 25.7. The van der Waals surface area contributed by atoms with E-state index in [9.17, 15) is 28.8 Å². The standard InChI is InChI=1S/C32H41N5O8/c1-20(2)14-24(29(40)34-17-27(38)33-3)37-30(41)25(15-21-10-6-4-7-11-21)36-28(39)18-35-32(43)45-26-16-23(26)31(42)44-19-22-12-8-5-9-13-22/h4-13,20,23-26H,14-19H2,1-3H3,(H,33,38)(H,34,40)(H,35,43)(H,36,39)(H,37,41). The van der Waals surface area contributed by atoms with Gasteiger partial charge in [0.25, 0.3) is 0 Å². The fourth-order valence-electron chi connectivity index (χ4n) is 4.38. The van der Waals surface area contributed by atoms with E-state index in [1.807, 2.05) is 50.2 Å². The lowest BCUT2D eigenvalue weighted by atomic mass is 10.0. The summed E-state index contributed by atoms with van der Waals surface area (Å²) in [4.78, 5) is 75.1. The Morgan fingerprint density at radius 1 is 0.778 bits per heavy atom. The molecule has 1 saturated carbocycles. The third-order valence-corrected chi connectivity index (χ3v) is 6.89. The van der Waals surface area contributed by atoms with Crippen molar-refractivity contribution in [2.75, 3.05) is 20.1 Å². The molecule has 13 heteroatoms. The van der Waals surface area contributed by atoms with Gasteiger partial charge in [-0.25, -0.2) is 4.79 Å². The number of carbonyl (C=O) groups excluding carboxylic acids is 6. The van der Waals surface area contributed by atoms with Crippen LogP contribution in [0.3, 0.4) is 0 Å². The molecule has 45 heavy (non-hydrogen) atoms.